The van der Waals surface area contributed by atoms with Gasteiger partial charge in [-0.25, -0.2) is 13.9 Å². The number of halogens is 1. The van der Waals surface area contributed by atoms with Crippen molar-refractivity contribution in [1.82, 2.24) is 29.8 Å². The minimum absolute atomic E-state index is 0.0793. The van der Waals surface area contributed by atoms with Gasteiger partial charge in [0.25, 0.3) is 11.5 Å². The van der Waals surface area contributed by atoms with Gasteiger partial charge in [0.05, 0.1) is 18.1 Å². The number of fused-ring (bicyclic) bond motifs is 1. The van der Waals surface area contributed by atoms with Gasteiger partial charge in [-0.2, -0.15) is 5.10 Å². The maximum absolute atomic E-state index is 14.3. The number of nitrogens with one attached hydrogen (secondary N) is 2. The lowest BCUT2D eigenvalue weighted by atomic mass is 10.1. The van der Waals surface area contributed by atoms with Gasteiger partial charge in [-0.3, -0.25) is 14.5 Å². The molecule has 164 valence electrons. The van der Waals surface area contributed by atoms with Crippen LogP contribution in [-0.2, 0) is 13.0 Å². The Bertz CT molecular complexity index is 1170. The van der Waals surface area contributed by atoms with Crippen molar-refractivity contribution in [2.75, 3.05) is 31.6 Å². The zero-order valence-corrected chi connectivity index (χ0v) is 17.9. The molecule has 1 aliphatic heterocycles. The summed E-state index contributed by atoms with van der Waals surface area (Å²) in [6, 6.07) is 1.55. The van der Waals surface area contributed by atoms with E-state index in [2.05, 4.69) is 37.1 Å². The molecule has 10 heteroatoms. The molecule has 0 bridgehead atoms. The van der Waals surface area contributed by atoms with Crippen molar-refractivity contribution >= 4 is 17.2 Å². The third-order valence-corrected chi connectivity index (χ3v) is 5.83. The van der Waals surface area contributed by atoms with Crippen molar-refractivity contribution in [1.29, 1.82) is 0 Å². The van der Waals surface area contributed by atoms with E-state index in [0.29, 0.717) is 43.0 Å². The number of aromatic amines is 1. The van der Waals surface area contributed by atoms with Gasteiger partial charge < -0.3 is 15.2 Å². The molecule has 1 amide bonds. The number of piperazine rings is 1. The molecule has 3 aromatic heterocycles. The first kappa shape index (κ1) is 21.0. The molecule has 0 radical (unpaired) electrons. The molecule has 4 rings (SSSR count). The fourth-order valence-electron chi connectivity index (χ4n) is 3.96. The van der Waals surface area contributed by atoms with Crippen molar-refractivity contribution in [2.24, 2.45) is 0 Å². The van der Waals surface area contributed by atoms with Crippen LogP contribution in [0.4, 0.5) is 10.1 Å². The number of nitrogens with zero attached hydrogens (tertiary/aromatic N) is 5. The van der Waals surface area contributed by atoms with Crippen LogP contribution in [0.2, 0.25) is 0 Å². The first-order valence-electron chi connectivity index (χ1n) is 10.4. The second-order valence-corrected chi connectivity index (χ2v) is 7.79. The van der Waals surface area contributed by atoms with E-state index >= 15 is 0 Å². The summed E-state index contributed by atoms with van der Waals surface area (Å²) in [6.07, 6.45) is 5.76. The second-order valence-electron chi connectivity index (χ2n) is 7.79. The van der Waals surface area contributed by atoms with Crippen LogP contribution in [0.25, 0.3) is 5.65 Å². The van der Waals surface area contributed by atoms with E-state index in [4.69, 9.17) is 0 Å². The van der Waals surface area contributed by atoms with Gasteiger partial charge in [0.2, 0.25) is 0 Å². The van der Waals surface area contributed by atoms with Crippen LogP contribution in [0.15, 0.2) is 29.5 Å². The van der Waals surface area contributed by atoms with Crippen molar-refractivity contribution in [3.05, 3.63) is 57.6 Å². The Kier molecular flexibility index (Phi) is 5.73. The van der Waals surface area contributed by atoms with E-state index < -0.39 is 11.7 Å². The summed E-state index contributed by atoms with van der Waals surface area (Å²) in [6.45, 7) is 6.85. The lowest BCUT2D eigenvalue weighted by molar-refractivity contribution is 0.0953. The van der Waals surface area contributed by atoms with Crippen LogP contribution in [0.3, 0.4) is 0 Å². The lowest BCUT2D eigenvalue weighted by Gasteiger charge is -2.40. The first-order chi connectivity index (χ1) is 14.9. The molecule has 31 heavy (non-hydrogen) atoms. The molecule has 0 spiro atoms. The maximum Gasteiger partial charge on any atom is 0.272 e. The maximum atomic E-state index is 14.3. The molecule has 1 aliphatic rings. The number of carbonyl (C=O) groups excluding carboxylic acids is 1. The average Bonchev–Trinajstić information content (AvgIpc) is 3.15. The van der Waals surface area contributed by atoms with Gasteiger partial charge >= 0.3 is 0 Å². The number of H-pyrrole nitrogens is 1. The lowest BCUT2D eigenvalue weighted by Crippen LogP contribution is -2.51. The Hall–Kier alpha value is -3.27. The summed E-state index contributed by atoms with van der Waals surface area (Å²) in [5, 5.41) is 6.77. The summed E-state index contributed by atoms with van der Waals surface area (Å²) < 4.78 is 16.0. The molecule has 0 aliphatic carbocycles. The number of carbonyl (C=O) groups is 1. The molecule has 1 saturated heterocycles. The Labute approximate surface area is 178 Å². The number of hydrogen-bond acceptors (Lipinski definition) is 6. The summed E-state index contributed by atoms with van der Waals surface area (Å²) in [7, 11) is 1.45. The topological polar surface area (TPSA) is 98.6 Å². The van der Waals surface area contributed by atoms with Crippen molar-refractivity contribution in [3.8, 4) is 0 Å². The van der Waals surface area contributed by atoms with Gasteiger partial charge in [-0.15, -0.1) is 0 Å². The fraction of sp³-hybridized carbons (Fsp3) is 0.429. The fourth-order valence-corrected chi connectivity index (χ4v) is 3.96. The highest BCUT2D eigenvalue weighted by Crippen LogP contribution is 2.22. The van der Waals surface area contributed by atoms with Crippen LogP contribution >= 0.6 is 0 Å². The van der Waals surface area contributed by atoms with E-state index in [1.54, 1.807) is 16.9 Å². The van der Waals surface area contributed by atoms with E-state index in [9.17, 15) is 14.0 Å². The van der Waals surface area contributed by atoms with E-state index in [1.807, 2.05) is 6.92 Å². The third kappa shape index (κ3) is 4.02. The van der Waals surface area contributed by atoms with E-state index in [-0.39, 0.29) is 17.3 Å². The predicted octanol–water partition coefficient (Wildman–Crippen LogP) is 1.19. The molecule has 0 aromatic carbocycles. The summed E-state index contributed by atoms with van der Waals surface area (Å²) in [5.74, 6) is -1.17. The first-order valence-corrected chi connectivity index (χ1v) is 10.4. The molecule has 1 atom stereocenters. The highest BCUT2D eigenvalue weighted by Gasteiger charge is 2.26. The van der Waals surface area contributed by atoms with Gasteiger partial charge in [-0.1, -0.05) is 6.92 Å². The van der Waals surface area contributed by atoms with Gasteiger partial charge in [-0.05, 0) is 13.3 Å². The van der Waals surface area contributed by atoms with Crippen molar-refractivity contribution < 1.29 is 9.18 Å². The SMILES string of the molecule is CCc1cn2ncc(CN3CCN(c4cnc(C(=O)NC)c(F)c4)CC3C)c2[nH]c1=O. The molecule has 2 N–H and O–H groups in total. The number of rotatable bonds is 5. The van der Waals surface area contributed by atoms with Gasteiger partial charge in [0.1, 0.15) is 5.65 Å². The Morgan fingerprint density at radius 1 is 1.32 bits per heavy atom. The molecule has 1 fully saturated rings. The number of aryl methyl sites for hydroxylation is 1. The Morgan fingerprint density at radius 3 is 2.81 bits per heavy atom. The van der Waals surface area contributed by atoms with Gasteiger partial charge in [0.15, 0.2) is 11.5 Å². The van der Waals surface area contributed by atoms with Crippen LogP contribution in [0, 0.1) is 5.82 Å². The Balaban J connectivity index is 1.47. The standard InChI is InChI=1S/C21H26FN7O2/c1-4-14-12-29-19(26-20(14)30)15(8-25-29)11-27-5-6-28(10-13(27)2)16-7-17(22)18(24-9-16)21(31)23-3/h7-9,12-13H,4-6,10-11H2,1-3H3,(H,23,31)(H,26,30). The average molecular weight is 427 g/mol. The number of amides is 1. The van der Waals surface area contributed by atoms with Crippen molar-refractivity contribution in [3.63, 3.8) is 0 Å². The molecule has 1 unspecified atom stereocenters. The number of pyridine rings is 1. The molecule has 0 saturated carbocycles. The zero-order valence-electron chi connectivity index (χ0n) is 17.9. The highest BCUT2D eigenvalue weighted by molar-refractivity contribution is 5.92. The minimum atomic E-state index is -0.631. The molecule has 3 aromatic rings. The summed E-state index contributed by atoms with van der Waals surface area (Å²) in [5.41, 5.74) is 2.75. The third-order valence-electron chi connectivity index (χ3n) is 5.83. The number of aromatic nitrogens is 4. The second kappa shape index (κ2) is 8.46. The van der Waals surface area contributed by atoms with Crippen LogP contribution in [0.1, 0.15) is 35.5 Å². The van der Waals surface area contributed by atoms with Crippen LogP contribution in [-0.4, -0.2) is 63.1 Å². The summed E-state index contributed by atoms with van der Waals surface area (Å²) >= 11 is 0. The summed E-state index contributed by atoms with van der Waals surface area (Å²) in [4.78, 5) is 35.2. The molecule has 4 heterocycles. The van der Waals surface area contributed by atoms with Crippen LogP contribution in [0.5, 0.6) is 0 Å². The van der Waals surface area contributed by atoms with E-state index in [1.165, 1.54) is 19.3 Å². The monoisotopic (exact) mass is 427 g/mol. The highest BCUT2D eigenvalue weighted by atomic mass is 19.1. The Morgan fingerprint density at radius 2 is 2.13 bits per heavy atom. The van der Waals surface area contributed by atoms with Crippen LogP contribution < -0.4 is 15.8 Å². The normalized spacial score (nSPS) is 17.3. The minimum Gasteiger partial charge on any atom is -0.367 e. The van der Waals surface area contributed by atoms with E-state index in [0.717, 1.165) is 12.1 Å². The van der Waals surface area contributed by atoms with Crippen molar-refractivity contribution in [2.45, 2.75) is 32.9 Å². The molecular weight excluding hydrogens is 401 g/mol. The predicted molar refractivity (Wildman–Crippen MR) is 115 cm³/mol. The largest absolute Gasteiger partial charge is 0.367 e. The molecular formula is C21H26FN7O2. The number of anilines is 1. The van der Waals surface area contributed by atoms with Gasteiger partial charge in [0, 0.05) is 62.7 Å². The molecule has 9 nitrogen and oxygen atoms in total. The smallest absolute Gasteiger partial charge is 0.272 e. The zero-order chi connectivity index (χ0) is 22.1. The quantitative estimate of drug-likeness (QED) is 0.635. The number of hydrogen-bond donors (Lipinski definition) is 2.